The average molecular weight is 375 g/mol. The van der Waals surface area contributed by atoms with Crippen LogP contribution in [0, 0.1) is 11.8 Å². The minimum atomic E-state index is -0.990. The van der Waals surface area contributed by atoms with E-state index in [4.69, 9.17) is 0 Å². The molecule has 0 aromatic heterocycles. The highest BCUT2D eigenvalue weighted by atomic mass is 16.4. The maximum Gasteiger partial charge on any atom is 0.307 e. The fraction of sp³-hybridized carbons (Fsp3) is 0.474. The van der Waals surface area contributed by atoms with Gasteiger partial charge in [-0.15, -0.1) is 0 Å². The van der Waals surface area contributed by atoms with Crippen LogP contribution in [0.15, 0.2) is 30.3 Å². The summed E-state index contributed by atoms with van der Waals surface area (Å²) in [5.74, 6) is -3.62. The van der Waals surface area contributed by atoms with Crippen molar-refractivity contribution in [3.05, 3.63) is 35.9 Å². The maximum atomic E-state index is 12.1. The zero-order valence-corrected chi connectivity index (χ0v) is 15.1. The Labute approximate surface area is 157 Å². The van der Waals surface area contributed by atoms with Gasteiger partial charge >= 0.3 is 5.97 Å². The summed E-state index contributed by atoms with van der Waals surface area (Å²) in [6.45, 7) is 0.385. The van der Waals surface area contributed by atoms with Crippen molar-refractivity contribution in [3.63, 3.8) is 0 Å². The van der Waals surface area contributed by atoms with Crippen molar-refractivity contribution in [3.8, 4) is 0 Å². The molecular weight excluding hydrogens is 350 g/mol. The molecule has 146 valence electrons. The Kier molecular flexibility index (Phi) is 7.79. The van der Waals surface area contributed by atoms with Crippen LogP contribution < -0.4 is 16.2 Å². The van der Waals surface area contributed by atoms with Gasteiger partial charge in [-0.25, -0.2) is 0 Å². The summed E-state index contributed by atoms with van der Waals surface area (Å²) in [7, 11) is 0. The molecule has 0 radical (unpaired) electrons. The number of hydrazine groups is 1. The Hall–Kier alpha value is -2.90. The van der Waals surface area contributed by atoms with Crippen LogP contribution in [0.25, 0.3) is 0 Å². The molecule has 1 aromatic carbocycles. The van der Waals surface area contributed by atoms with E-state index in [9.17, 15) is 24.3 Å². The van der Waals surface area contributed by atoms with E-state index in [0.717, 1.165) is 18.4 Å². The first kappa shape index (κ1) is 20.4. The molecule has 0 bridgehead atoms. The van der Waals surface area contributed by atoms with Crippen molar-refractivity contribution in [2.24, 2.45) is 11.8 Å². The summed E-state index contributed by atoms with van der Waals surface area (Å²) in [6, 6.07) is 9.41. The number of carbonyl (C=O) groups excluding carboxylic acids is 3. The van der Waals surface area contributed by atoms with Crippen LogP contribution in [-0.4, -0.2) is 28.8 Å². The van der Waals surface area contributed by atoms with Crippen LogP contribution in [0.5, 0.6) is 0 Å². The van der Waals surface area contributed by atoms with E-state index in [2.05, 4.69) is 16.2 Å². The highest BCUT2D eigenvalue weighted by Crippen LogP contribution is 2.30. The zero-order valence-electron chi connectivity index (χ0n) is 15.1. The molecule has 1 aromatic rings. The Morgan fingerprint density at radius 3 is 2.19 bits per heavy atom. The summed E-state index contributed by atoms with van der Waals surface area (Å²) in [5, 5.41) is 11.9. The van der Waals surface area contributed by atoms with Gasteiger partial charge in [0.05, 0.1) is 11.8 Å². The van der Waals surface area contributed by atoms with Crippen LogP contribution in [0.3, 0.4) is 0 Å². The number of benzene rings is 1. The Balaban J connectivity index is 1.67. The Morgan fingerprint density at radius 2 is 1.52 bits per heavy atom. The third-order valence-corrected chi connectivity index (χ3v) is 4.66. The SMILES string of the molecule is O=C(CCC(=O)NNC(=O)[C@H]1CCCC[C@@H]1C(=O)O)NCc1ccccc1. The molecule has 0 spiro atoms. The van der Waals surface area contributed by atoms with Crippen LogP contribution >= 0.6 is 0 Å². The molecule has 0 aliphatic heterocycles. The van der Waals surface area contributed by atoms with Gasteiger partial charge in [-0.1, -0.05) is 43.2 Å². The molecule has 1 fully saturated rings. The standard InChI is InChI=1S/C19H25N3O5/c23-16(20-12-13-6-2-1-3-7-13)10-11-17(24)21-22-18(25)14-8-4-5-9-15(14)19(26)27/h1-3,6-7,14-15H,4-5,8-12H2,(H,20,23)(H,21,24)(H,22,25)(H,26,27)/t14-,15-/m0/s1. The molecule has 27 heavy (non-hydrogen) atoms. The van der Waals surface area contributed by atoms with Gasteiger partial charge in [0.1, 0.15) is 0 Å². The highest BCUT2D eigenvalue weighted by Gasteiger charge is 2.35. The van der Waals surface area contributed by atoms with Crippen molar-refractivity contribution < 1.29 is 24.3 Å². The van der Waals surface area contributed by atoms with Crippen molar-refractivity contribution >= 4 is 23.7 Å². The van der Waals surface area contributed by atoms with E-state index < -0.39 is 29.6 Å². The van der Waals surface area contributed by atoms with Crippen LogP contribution in [0.1, 0.15) is 44.1 Å². The predicted molar refractivity (Wildman–Crippen MR) is 96.9 cm³/mol. The summed E-state index contributed by atoms with van der Waals surface area (Å²) >= 11 is 0. The van der Waals surface area contributed by atoms with E-state index in [0.29, 0.717) is 19.4 Å². The molecule has 1 aliphatic rings. The first-order valence-corrected chi connectivity index (χ1v) is 9.09. The first-order valence-electron chi connectivity index (χ1n) is 9.09. The Bertz CT molecular complexity index is 677. The molecule has 8 nitrogen and oxygen atoms in total. The summed E-state index contributed by atoms with van der Waals surface area (Å²) in [4.78, 5) is 47.0. The molecule has 4 N–H and O–H groups in total. The van der Waals surface area contributed by atoms with Gasteiger partial charge in [-0.2, -0.15) is 0 Å². The molecule has 0 heterocycles. The van der Waals surface area contributed by atoms with E-state index in [1.165, 1.54) is 0 Å². The van der Waals surface area contributed by atoms with E-state index in [1.807, 2.05) is 30.3 Å². The minimum absolute atomic E-state index is 0.00425. The second kappa shape index (κ2) is 10.3. The quantitative estimate of drug-likeness (QED) is 0.532. The van der Waals surface area contributed by atoms with Gasteiger partial charge in [0.25, 0.3) is 0 Å². The summed E-state index contributed by atoms with van der Waals surface area (Å²) < 4.78 is 0. The summed E-state index contributed by atoms with van der Waals surface area (Å²) in [6.07, 6.45) is 2.44. The normalized spacial score (nSPS) is 19.0. The topological polar surface area (TPSA) is 125 Å². The first-order chi connectivity index (χ1) is 13.0. The van der Waals surface area contributed by atoms with Gasteiger partial charge in [0, 0.05) is 19.4 Å². The third-order valence-electron chi connectivity index (χ3n) is 4.66. The lowest BCUT2D eigenvalue weighted by atomic mass is 9.79. The number of carboxylic acids is 1. The van der Waals surface area contributed by atoms with Crippen LogP contribution in [0.4, 0.5) is 0 Å². The molecule has 1 saturated carbocycles. The fourth-order valence-electron chi connectivity index (χ4n) is 3.14. The van der Waals surface area contributed by atoms with Crippen LogP contribution in [-0.2, 0) is 25.7 Å². The number of carbonyl (C=O) groups is 4. The van der Waals surface area contributed by atoms with Crippen LogP contribution in [0.2, 0.25) is 0 Å². The molecule has 1 aliphatic carbocycles. The van der Waals surface area contributed by atoms with Gasteiger partial charge in [0.2, 0.25) is 17.7 Å². The van der Waals surface area contributed by atoms with Gasteiger partial charge in [-0.05, 0) is 18.4 Å². The van der Waals surface area contributed by atoms with Gasteiger partial charge < -0.3 is 10.4 Å². The number of nitrogens with one attached hydrogen (secondary N) is 3. The molecule has 2 rings (SSSR count). The number of amides is 3. The van der Waals surface area contributed by atoms with E-state index >= 15 is 0 Å². The molecule has 3 amide bonds. The summed E-state index contributed by atoms with van der Waals surface area (Å²) in [5.41, 5.74) is 5.50. The highest BCUT2D eigenvalue weighted by molar-refractivity contribution is 5.88. The number of rotatable bonds is 7. The molecule has 0 saturated heterocycles. The number of aliphatic carboxylic acids is 1. The van der Waals surface area contributed by atoms with Crippen molar-refractivity contribution in [2.45, 2.75) is 45.1 Å². The van der Waals surface area contributed by atoms with E-state index in [-0.39, 0.29) is 18.7 Å². The number of hydrogen-bond donors (Lipinski definition) is 4. The number of hydrogen-bond acceptors (Lipinski definition) is 4. The molecule has 0 unspecified atom stereocenters. The van der Waals surface area contributed by atoms with Gasteiger partial charge in [-0.3, -0.25) is 30.0 Å². The molecule has 2 atom stereocenters. The average Bonchev–Trinajstić information content (AvgIpc) is 2.69. The largest absolute Gasteiger partial charge is 0.481 e. The van der Waals surface area contributed by atoms with Crippen molar-refractivity contribution in [1.82, 2.24) is 16.2 Å². The smallest absolute Gasteiger partial charge is 0.307 e. The van der Waals surface area contributed by atoms with Gasteiger partial charge in [0.15, 0.2) is 0 Å². The molecular formula is C19H25N3O5. The maximum absolute atomic E-state index is 12.1. The molecule has 8 heteroatoms. The predicted octanol–water partition coefficient (Wildman–Crippen LogP) is 1.12. The lowest BCUT2D eigenvalue weighted by Gasteiger charge is -2.27. The van der Waals surface area contributed by atoms with E-state index in [1.54, 1.807) is 0 Å². The lowest BCUT2D eigenvalue weighted by molar-refractivity contribution is -0.149. The number of carboxylic acid groups (broad SMARTS) is 1. The second-order valence-electron chi connectivity index (χ2n) is 6.64. The minimum Gasteiger partial charge on any atom is -0.481 e. The third kappa shape index (κ3) is 6.73. The Morgan fingerprint density at radius 1 is 0.889 bits per heavy atom. The lowest BCUT2D eigenvalue weighted by Crippen LogP contribution is -2.48. The van der Waals surface area contributed by atoms with Crippen molar-refractivity contribution in [1.29, 1.82) is 0 Å². The second-order valence-corrected chi connectivity index (χ2v) is 6.64. The zero-order chi connectivity index (χ0) is 19.6. The fourth-order valence-corrected chi connectivity index (χ4v) is 3.14. The monoisotopic (exact) mass is 375 g/mol. The van der Waals surface area contributed by atoms with Crippen molar-refractivity contribution in [2.75, 3.05) is 0 Å².